The topological polar surface area (TPSA) is 82.1 Å². The Kier molecular flexibility index (Phi) is 9.11. The third kappa shape index (κ3) is 7.38. The molecule has 2 aromatic rings. The van der Waals surface area contributed by atoms with Crippen molar-refractivity contribution in [3.05, 3.63) is 54.1 Å². The maximum Gasteiger partial charge on any atom is 0.343 e. The van der Waals surface area contributed by atoms with Gasteiger partial charge in [0, 0.05) is 6.61 Å². The van der Waals surface area contributed by atoms with Crippen molar-refractivity contribution in [1.29, 1.82) is 0 Å². The van der Waals surface area contributed by atoms with E-state index in [1.54, 1.807) is 24.3 Å². The number of benzene rings is 2. The van der Waals surface area contributed by atoms with Crippen molar-refractivity contribution in [2.75, 3.05) is 6.61 Å². The molecular weight excluding hydrogens is 408 g/mol. The van der Waals surface area contributed by atoms with Gasteiger partial charge in [-0.05, 0) is 80.6 Å². The lowest BCUT2D eigenvalue weighted by Crippen LogP contribution is -2.29. The Morgan fingerprint density at radius 3 is 2.09 bits per heavy atom. The van der Waals surface area contributed by atoms with Crippen molar-refractivity contribution >= 4 is 11.9 Å². The molecule has 6 heteroatoms. The maximum atomic E-state index is 12.5. The van der Waals surface area contributed by atoms with Gasteiger partial charge in [0.15, 0.2) is 0 Å². The highest BCUT2D eigenvalue weighted by Crippen LogP contribution is 2.28. The van der Waals surface area contributed by atoms with Crippen molar-refractivity contribution in [3.8, 4) is 17.2 Å². The van der Waals surface area contributed by atoms with Gasteiger partial charge in [0.05, 0.1) is 17.6 Å². The molecule has 0 heterocycles. The van der Waals surface area contributed by atoms with Crippen LogP contribution in [0.5, 0.6) is 17.2 Å². The fraction of sp³-hybridized carbons (Fsp3) is 0.462. The van der Waals surface area contributed by atoms with Crippen molar-refractivity contribution in [1.82, 2.24) is 0 Å². The molecule has 0 atom stereocenters. The zero-order chi connectivity index (χ0) is 22.8. The SMILES string of the molecule is CCCCCCOC1CCC(C(=O)Oc2ccc(OC(=O)c3ccc(O)cc3)cc2)CC1. The monoisotopic (exact) mass is 440 g/mol. The number of hydrogen-bond donors (Lipinski definition) is 1. The lowest BCUT2D eigenvalue weighted by atomic mass is 9.87. The molecule has 0 unspecified atom stereocenters. The Labute approximate surface area is 189 Å². The first-order chi connectivity index (χ1) is 15.5. The van der Waals surface area contributed by atoms with E-state index in [0.717, 1.165) is 38.7 Å². The minimum atomic E-state index is -0.529. The lowest BCUT2D eigenvalue weighted by molar-refractivity contribution is -0.141. The van der Waals surface area contributed by atoms with Crippen LogP contribution in [0, 0.1) is 5.92 Å². The number of phenolic OH excluding ortho intramolecular Hbond substituents is 1. The third-order valence-electron chi connectivity index (χ3n) is 5.71. The van der Waals surface area contributed by atoms with E-state index in [9.17, 15) is 14.7 Å². The molecular formula is C26H32O6. The number of carbonyl (C=O) groups is 2. The number of rotatable bonds is 10. The first kappa shape index (κ1) is 23.8. The number of aromatic hydroxyl groups is 1. The molecule has 1 N–H and O–H groups in total. The van der Waals surface area contributed by atoms with Crippen LogP contribution in [0.15, 0.2) is 48.5 Å². The van der Waals surface area contributed by atoms with Crippen LogP contribution >= 0.6 is 0 Å². The van der Waals surface area contributed by atoms with E-state index in [2.05, 4.69) is 6.92 Å². The predicted octanol–water partition coefficient (Wildman–Crippen LogP) is 5.67. The Balaban J connectivity index is 1.40. The zero-order valence-electron chi connectivity index (χ0n) is 18.6. The summed E-state index contributed by atoms with van der Waals surface area (Å²) in [5.41, 5.74) is 0.332. The maximum absolute atomic E-state index is 12.5. The average molecular weight is 441 g/mol. The number of unbranched alkanes of at least 4 members (excludes halogenated alkanes) is 3. The van der Waals surface area contributed by atoms with Crippen molar-refractivity contribution < 1.29 is 28.9 Å². The molecule has 1 saturated carbocycles. The highest BCUT2D eigenvalue weighted by atomic mass is 16.5. The minimum absolute atomic E-state index is 0.0798. The summed E-state index contributed by atoms with van der Waals surface area (Å²) in [6.45, 7) is 3.01. The van der Waals surface area contributed by atoms with Crippen LogP contribution in [0.3, 0.4) is 0 Å². The number of esters is 2. The summed E-state index contributed by atoms with van der Waals surface area (Å²) < 4.78 is 16.8. The molecule has 0 spiro atoms. The van der Waals surface area contributed by atoms with Crippen LogP contribution in [0.2, 0.25) is 0 Å². The molecule has 0 saturated heterocycles. The molecule has 0 radical (unpaired) electrons. The summed E-state index contributed by atoms with van der Waals surface area (Å²) in [7, 11) is 0. The molecule has 6 nitrogen and oxygen atoms in total. The highest BCUT2D eigenvalue weighted by molar-refractivity contribution is 5.91. The highest BCUT2D eigenvalue weighted by Gasteiger charge is 2.28. The summed E-state index contributed by atoms with van der Waals surface area (Å²) in [5, 5.41) is 9.30. The number of phenols is 1. The van der Waals surface area contributed by atoms with Gasteiger partial charge in [-0.25, -0.2) is 4.79 Å². The summed E-state index contributed by atoms with van der Waals surface area (Å²) in [6, 6.07) is 12.2. The van der Waals surface area contributed by atoms with Crippen LogP contribution < -0.4 is 9.47 Å². The number of hydrogen-bond acceptors (Lipinski definition) is 6. The van der Waals surface area contributed by atoms with Crippen LogP contribution in [0.1, 0.15) is 68.6 Å². The minimum Gasteiger partial charge on any atom is -0.508 e. The second-order valence-corrected chi connectivity index (χ2v) is 8.23. The van der Waals surface area contributed by atoms with E-state index >= 15 is 0 Å². The summed E-state index contributed by atoms with van der Waals surface area (Å²) in [6.07, 6.45) is 8.39. The second-order valence-electron chi connectivity index (χ2n) is 8.23. The number of ether oxygens (including phenoxy) is 3. The fourth-order valence-electron chi connectivity index (χ4n) is 3.78. The Bertz CT molecular complexity index is 851. The number of carbonyl (C=O) groups excluding carboxylic acids is 2. The van der Waals surface area contributed by atoms with E-state index in [0.29, 0.717) is 17.1 Å². The van der Waals surface area contributed by atoms with Gasteiger partial charge in [0.2, 0.25) is 0 Å². The zero-order valence-corrected chi connectivity index (χ0v) is 18.6. The largest absolute Gasteiger partial charge is 0.508 e. The second kappa shape index (κ2) is 12.2. The molecule has 1 fully saturated rings. The van der Waals surface area contributed by atoms with Gasteiger partial charge in [0.1, 0.15) is 17.2 Å². The molecule has 3 rings (SSSR count). The molecule has 1 aliphatic rings. The fourth-order valence-corrected chi connectivity index (χ4v) is 3.78. The average Bonchev–Trinajstić information content (AvgIpc) is 2.81. The van der Waals surface area contributed by atoms with E-state index in [1.807, 2.05) is 0 Å². The van der Waals surface area contributed by atoms with E-state index in [1.165, 1.54) is 43.5 Å². The van der Waals surface area contributed by atoms with Gasteiger partial charge >= 0.3 is 11.9 Å². The van der Waals surface area contributed by atoms with E-state index in [-0.39, 0.29) is 23.7 Å². The van der Waals surface area contributed by atoms with Gasteiger partial charge in [-0.15, -0.1) is 0 Å². The first-order valence-electron chi connectivity index (χ1n) is 11.5. The van der Waals surface area contributed by atoms with Gasteiger partial charge in [-0.2, -0.15) is 0 Å². The molecule has 1 aliphatic carbocycles. The first-order valence-corrected chi connectivity index (χ1v) is 11.5. The molecule has 32 heavy (non-hydrogen) atoms. The molecule has 172 valence electrons. The van der Waals surface area contributed by atoms with E-state index in [4.69, 9.17) is 14.2 Å². The Morgan fingerprint density at radius 2 is 1.47 bits per heavy atom. The van der Waals surface area contributed by atoms with Gasteiger partial charge in [0.25, 0.3) is 0 Å². The molecule has 0 aliphatic heterocycles. The quantitative estimate of drug-likeness (QED) is 0.291. The Morgan fingerprint density at radius 1 is 0.844 bits per heavy atom. The van der Waals surface area contributed by atoms with Crippen molar-refractivity contribution in [2.45, 2.75) is 64.4 Å². The van der Waals surface area contributed by atoms with Crippen LogP contribution in [0.4, 0.5) is 0 Å². The smallest absolute Gasteiger partial charge is 0.343 e. The lowest BCUT2D eigenvalue weighted by Gasteiger charge is -2.27. The van der Waals surface area contributed by atoms with Gasteiger partial charge < -0.3 is 19.3 Å². The predicted molar refractivity (Wildman–Crippen MR) is 121 cm³/mol. The Hall–Kier alpha value is -2.86. The van der Waals surface area contributed by atoms with Crippen molar-refractivity contribution in [2.24, 2.45) is 5.92 Å². The standard InChI is InChI=1S/C26H32O6/c1-2-3-4-5-18-30-22-12-8-20(9-13-22)26(29)32-24-16-14-23(15-17-24)31-25(28)19-6-10-21(27)11-7-19/h6-7,10-11,14-17,20,22,27H,2-5,8-9,12-13,18H2,1H3. The molecule has 2 aromatic carbocycles. The normalized spacial score (nSPS) is 18.2. The summed E-state index contributed by atoms with van der Waals surface area (Å²) in [5.74, 6) is -0.00870. The van der Waals surface area contributed by atoms with Crippen LogP contribution in [-0.4, -0.2) is 29.8 Å². The molecule has 0 amide bonds. The third-order valence-corrected chi connectivity index (χ3v) is 5.71. The van der Waals surface area contributed by atoms with Gasteiger partial charge in [-0.3, -0.25) is 4.79 Å². The summed E-state index contributed by atoms with van der Waals surface area (Å²) in [4.78, 5) is 24.6. The molecule has 0 bridgehead atoms. The van der Waals surface area contributed by atoms with Crippen LogP contribution in [0.25, 0.3) is 0 Å². The molecule has 0 aromatic heterocycles. The van der Waals surface area contributed by atoms with Crippen molar-refractivity contribution in [3.63, 3.8) is 0 Å². The summed E-state index contributed by atoms with van der Waals surface area (Å²) >= 11 is 0. The van der Waals surface area contributed by atoms with Gasteiger partial charge in [-0.1, -0.05) is 26.2 Å². The van der Waals surface area contributed by atoms with E-state index < -0.39 is 5.97 Å². The van der Waals surface area contributed by atoms with Crippen LogP contribution in [-0.2, 0) is 9.53 Å².